The van der Waals surface area contributed by atoms with Crippen LogP contribution in [0.5, 0.6) is 0 Å². The number of rotatable bonds is 13. The first kappa shape index (κ1) is 55.0. The first-order valence-corrected chi connectivity index (χ1v) is 26.8. The monoisotopic (exact) mass is 1090 g/mol. The summed E-state index contributed by atoms with van der Waals surface area (Å²) in [5.41, 5.74) is -5.17. The van der Waals surface area contributed by atoms with Gasteiger partial charge in [0.15, 0.2) is 0 Å². The molecule has 4 aromatic rings. The molecule has 3 saturated heterocycles. The number of carbonyl (C=O) groups is 9. The average molecular weight is 1090 g/mol. The third-order valence-corrected chi connectivity index (χ3v) is 15.6. The molecule has 0 spiro atoms. The summed E-state index contributed by atoms with van der Waals surface area (Å²) >= 11 is 0.909. The number of ether oxygens (including phenoxy) is 1. The fourth-order valence-corrected chi connectivity index (χ4v) is 10.9. The zero-order valence-corrected chi connectivity index (χ0v) is 43.2. The van der Waals surface area contributed by atoms with Gasteiger partial charge in [0.25, 0.3) is 17.7 Å². The Labute approximate surface area is 438 Å². The fraction of sp³-hybridized carbons (Fsp3) is 0.404. The summed E-state index contributed by atoms with van der Waals surface area (Å²) in [6.45, 7) is 5.18. The van der Waals surface area contributed by atoms with Crippen molar-refractivity contribution < 1.29 is 71.0 Å². The topological polar surface area (TPSA) is 269 Å². The van der Waals surface area contributed by atoms with E-state index < -0.39 is 108 Å². The number of halogens is 2. The van der Waals surface area contributed by atoms with Gasteiger partial charge in [0.05, 0.1) is 35.7 Å². The van der Waals surface area contributed by atoms with Gasteiger partial charge in [-0.1, -0.05) is 75.1 Å². The number of unbranched alkanes of at least 4 members (excludes halogenated alkanes) is 1. The largest absolute Gasteiger partial charge is 0.399 e. The third-order valence-electron chi connectivity index (χ3n) is 13.5. The minimum atomic E-state index is -5.88. The van der Waals surface area contributed by atoms with E-state index in [1.807, 2.05) is 30.3 Å². The van der Waals surface area contributed by atoms with E-state index in [0.717, 1.165) is 33.9 Å². The second-order valence-electron chi connectivity index (χ2n) is 19.8. The highest BCUT2D eigenvalue weighted by Gasteiger charge is 2.51. The number of amides is 9. The molecule has 20 nitrogen and oxygen atoms in total. The molecule has 4 atom stereocenters. The molecular formula is C52H54F2N7O13PS. The number of benzene rings is 3. The lowest BCUT2D eigenvalue weighted by atomic mass is 9.85. The molecule has 4 aliphatic rings. The van der Waals surface area contributed by atoms with Gasteiger partial charge in [-0.05, 0) is 59.5 Å². The Bertz CT molecular complexity index is 3150. The van der Waals surface area contributed by atoms with Crippen LogP contribution in [-0.4, -0.2) is 147 Å². The predicted molar refractivity (Wildman–Crippen MR) is 269 cm³/mol. The van der Waals surface area contributed by atoms with E-state index in [1.165, 1.54) is 28.0 Å². The van der Waals surface area contributed by atoms with Gasteiger partial charge in [-0.2, -0.15) is 8.78 Å². The highest BCUT2D eigenvalue weighted by molar-refractivity contribution is 7.52. The molecule has 24 heteroatoms. The third kappa shape index (κ3) is 11.6. The van der Waals surface area contributed by atoms with Crippen molar-refractivity contribution in [3.63, 3.8) is 0 Å². The molecule has 9 amide bonds. The fourth-order valence-electron chi connectivity index (χ4n) is 9.43. The number of thiophene rings is 1. The van der Waals surface area contributed by atoms with Crippen molar-refractivity contribution in [2.24, 2.45) is 5.41 Å². The number of hydrogen-bond donors (Lipinski definition) is 5. The molecule has 5 heterocycles. The maximum atomic E-state index is 14.8. The Hall–Kier alpha value is -7.22. The number of piperidine rings is 1. The lowest BCUT2D eigenvalue weighted by Crippen LogP contribution is -2.66. The number of nitrogens with zero attached hydrogens (tertiary/aromatic N) is 4. The van der Waals surface area contributed by atoms with E-state index in [0.29, 0.717) is 11.1 Å². The van der Waals surface area contributed by atoms with E-state index in [1.54, 1.807) is 37.8 Å². The number of fused-ring (bicyclic) bond motifs is 2. The molecule has 8 rings (SSSR count). The Kier molecular flexibility index (Phi) is 16.0. The summed E-state index contributed by atoms with van der Waals surface area (Å²) in [7, 11) is -5.88. The normalized spacial score (nSPS) is 19.6. The van der Waals surface area contributed by atoms with E-state index in [9.17, 15) is 66.3 Å². The van der Waals surface area contributed by atoms with Crippen molar-refractivity contribution >= 4 is 82.2 Å². The Morgan fingerprint density at radius 3 is 2.38 bits per heavy atom. The van der Waals surface area contributed by atoms with E-state index in [2.05, 4.69) is 27.8 Å². The molecule has 1 aromatic heterocycles. The summed E-state index contributed by atoms with van der Waals surface area (Å²) < 4.78 is 47.1. The second kappa shape index (κ2) is 22.2. The zero-order valence-electron chi connectivity index (χ0n) is 41.5. The van der Waals surface area contributed by atoms with Gasteiger partial charge in [-0.15, -0.1) is 11.3 Å². The minimum Gasteiger partial charge on any atom is -0.370 e. The zero-order chi connectivity index (χ0) is 54.9. The molecular weight excluding hydrogens is 1030 g/mol. The molecule has 0 radical (unpaired) electrons. The number of nitrogens with one attached hydrogen (secondary N) is 3. The molecule has 3 aromatic carbocycles. The summed E-state index contributed by atoms with van der Waals surface area (Å²) in [5, 5.41) is 7.74. The van der Waals surface area contributed by atoms with Crippen LogP contribution in [0.2, 0.25) is 0 Å². The number of alkyl halides is 2. The van der Waals surface area contributed by atoms with Crippen molar-refractivity contribution in [3.05, 3.63) is 105 Å². The lowest BCUT2D eigenvalue weighted by molar-refractivity contribution is -0.158. The standard InChI is InChI=1S/C52H54F2N7O13PS/c1-51(2,3)44(57-46(66)39-26-32-25-33(16-18-38(32)76-39)52(53,54)75(71,72)73)50(70)60-22-21-58(28-36(60)48(68)59-23-24-74-37(29-59)30-11-6-4-7-12-30)42(64)27-41(63)55-20-9-5-8-13-31-14-10-15-34-43(31)49(69)61(47(34)67)35-17-19-40(62)56-45(35)65/h4,6-7,10-12,14-16,18,25-26,35-37,44H,5,9,17,19-24,27-29H2,1-3H3,(H,55,63)(H,57,66)(H,56,62,65)(H2,71,72,73)/t35?,36-,37-,44+/m0/s1. The molecule has 0 bridgehead atoms. The molecule has 4 aliphatic heterocycles. The van der Waals surface area contributed by atoms with Gasteiger partial charge in [-0.25, -0.2) is 0 Å². The average Bonchev–Trinajstić information content (AvgIpc) is 3.94. The minimum absolute atomic E-state index is 0.00606. The van der Waals surface area contributed by atoms with Gasteiger partial charge >= 0.3 is 13.3 Å². The van der Waals surface area contributed by atoms with Crippen LogP contribution in [0.4, 0.5) is 8.78 Å². The quantitative estimate of drug-likeness (QED) is 0.0421. The van der Waals surface area contributed by atoms with E-state index in [-0.39, 0.29) is 92.1 Å². The van der Waals surface area contributed by atoms with Crippen molar-refractivity contribution in [1.82, 2.24) is 35.6 Å². The van der Waals surface area contributed by atoms with Crippen LogP contribution in [0.15, 0.2) is 72.8 Å². The van der Waals surface area contributed by atoms with Crippen LogP contribution >= 0.6 is 18.9 Å². The Morgan fingerprint density at radius 2 is 1.67 bits per heavy atom. The Morgan fingerprint density at radius 1 is 0.921 bits per heavy atom. The Balaban J connectivity index is 0.921. The van der Waals surface area contributed by atoms with E-state index in [4.69, 9.17) is 4.74 Å². The second-order valence-corrected chi connectivity index (χ2v) is 22.5. The van der Waals surface area contributed by atoms with Crippen LogP contribution in [0.25, 0.3) is 10.1 Å². The summed E-state index contributed by atoms with van der Waals surface area (Å²) in [6, 6.07) is 14.4. The molecule has 400 valence electrons. The highest BCUT2D eigenvalue weighted by atomic mass is 32.1. The maximum Gasteiger partial charge on any atom is 0.399 e. The molecule has 0 aliphatic carbocycles. The van der Waals surface area contributed by atoms with Gasteiger partial charge in [-0.3, -0.25) is 57.9 Å². The highest BCUT2D eigenvalue weighted by Crippen LogP contribution is 2.59. The van der Waals surface area contributed by atoms with Crippen LogP contribution < -0.4 is 16.0 Å². The van der Waals surface area contributed by atoms with Crippen molar-refractivity contribution in [1.29, 1.82) is 0 Å². The van der Waals surface area contributed by atoms with Gasteiger partial charge in [0.1, 0.15) is 30.7 Å². The van der Waals surface area contributed by atoms with Gasteiger partial charge < -0.3 is 39.9 Å². The molecule has 5 N–H and O–H groups in total. The number of morpholine rings is 1. The first-order valence-electron chi connectivity index (χ1n) is 24.4. The van der Waals surface area contributed by atoms with Crippen LogP contribution in [0, 0.1) is 17.3 Å². The van der Waals surface area contributed by atoms with Crippen LogP contribution in [0.3, 0.4) is 0 Å². The number of piperazine rings is 1. The SMILES string of the molecule is CC(C)(C)[C@H](NC(=O)c1cc2cc(C(F)(F)P(=O)(O)O)ccc2s1)C(=O)N1CCN(C(=O)CC(=O)NCCCC#Cc2cccc3c2C(=O)N(C2CCC(=O)NC2=O)C3=O)C[C@H]1C(=O)N1CCO[C@H](c2ccccc2)C1. The van der Waals surface area contributed by atoms with Crippen molar-refractivity contribution in [2.75, 3.05) is 45.9 Å². The number of carbonyl (C=O) groups excluding carboxylic acids is 9. The van der Waals surface area contributed by atoms with Gasteiger partial charge in [0, 0.05) is 54.8 Å². The van der Waals surface area contributed by atoms with Crippen molar-refractivity contribution in [2.45, 2.75) is 82.8 Å². The molecule has 1 unspecified atom stereocenters. The maximum absolute atomic E-state index is 14.8. The summed E-state index contributed by atoms with van der Waals surface area (Å²) in [4.78, 5) is 145. The summed E-state index contributed by atoms with van der Waals surface area (Å²) in [5.74, 6) is 0.162. The smallest absolute Gasteiger partial charge is 0.370 e. The van der Waals surface area contributed by atoms with E-state index >= 15 is 0 Å². The number of hydrogen-bond acceptors (Lipinski definition) is 12. The predicted octanol–water partition coefficient (Wildman–Crippen LogP) is 3.65. The number of imide groups is 2. The molecule has 0 saturated carbocycles. The summed E-state index contributed by atoms with van der Waals surface area (Å²) in [6.07, 6.45) is -0.511. The van der Waals surface area contributed by atoms with Crippen LogP contribution in [-0.2, 0) is 43.7 Å². The molecule has 76 heavy (non-hydrogen) atoms. The van der Waals surface area contributed by atoms with Crippen LogP contribution in [0.1, 0.15) is 106 Å². The van der Waals surface area contributed by atoms with Crippen molar-refractivity contribution in [3.8, 4) is 11.8 Å². The van der Waals surface area contributed by atoms with Gasteiger partial charge in [0.2, 0.25) is 35.4 Å². The molecule has 3 fully saturated rings. The first-order chi connectivity index (χ1) is 35.9. The lowest BCUT2D eigenvalue weighted by Gasteiger charge is -2.45.